The van der Waals surface area contributed by atoms with Crippen LogP contribution in [0, 0.1) is 5.92 Å². The third kappa shape index (κ3) is 6.21. The van der Waals surface area contributed by atoms with Crippen LogP contribution in [-0.4, -0.2) is 61.5 Å². The number of aromatic nitrogens is 3. The largest absolute Gasteiger partial charge is 0.378 e. The van der Waals surface area contributed by atoms with Crippen molar-refractivity contribution in [2.75, 3.05) is 30.9 Å². The topological polar surface area (TPSA) is 97.3 Å². The van der Waals surface area contributed by atoms with Crippen molar-refractivity contribution in [3.63, 3.8) is 0 Å². The molecule has 2 aromatic heterocycles. The highest BCUT2D eigenvalue weighted by Crippen LogP contribution is 2.34. The summed E-state index contributed by atoms with van der Waals surface area (Å²) >= 11 is 0. The van der Waals surface area contributed by atoms with Crippen molar-refractivity contribution in [2.45, 2.75) is 50.2 Å². The average Bonchev–Trinajstić information content (AvgIpc) is 2.79. The molecular weight excluding hydrogens is 414 g/mol. The lowest BCUT2D eigenvalue weighted by Gasteiger charge is -2.40. The van der Waals surface area contributed by atoms with Gasteiger partial charge in [-0.05, 0) is 55.7 Å². The molecular formula is C22H31N5O3S. The van der Waals surface area contributed by atoms with Gasteiger partial charge in [0.1, 0.15) is 12.1 Å². The fourth-order valence-electron chi connectivity index (χ4n) is 4.72. The second-order valence-electron chi connectivity index (χ2n) is 8.66. The first-order valence-corrected chi connectivity index (χ1v) is 12.9. The van der Waals surface area contributed by atoms with Gasteiger partial charge in [-0.3, -0.25) is 0 Å². The van der Waals surface area contributed by atoms with E-state index < -0.39 is 10.0 Å². The molecule has 1 N–H and O–H groups in total. The Morgan fingerprint density at radius 3 is 2.58 bits per heavy atom. The average molecular weight is 446 g/mol. The molecule has 0 unspecified atom stereocenters. The van der Waals surface area contributed by atoms with Crippen LogP contribution in [-0.2, 0) is 14.8 Å². The summed E-state index contributed by atoms with van der Waals surface area (Å²) in [6.07, 6.45) is 13.5. The predicted molar refractivity (Wildman–Crippen MR) is 119 cm³/mol. The molecule has 3 heterocycles. The molecule has 31 heavy (non-hydrogen) atoms. The van der Waals surface area contributed by atoms with Gasteiger partial charge in [0.05, 0.1) is 19.0 Å². The molecule has 8 nitrogen and oxygen atoms in total. The maximum absolute atomic E-state index is 11.9. The first-order chi connectivity index (χ1) is 15.0. The Bertz CT molecular complexity index is 921. The van der Waals surface area contributed by atoms with Gasteiger partial charge in [-0.15, -0.1) is 0 Å². The molecule has 4 rings (SSSR count). The van der Waals surface area contributed by atoms with Crippen molar-refractivity contribution in [3.8, 4) is 0 Å². The predicted octanol–water partition coefficient (Wildman–Crippen LogP) is 2.36. The number of sulfonamides is 1. The van der Waals surface area contributed by atoms with E-state index in [0.29, 0.717) is 12.5 Å². The molecule has 1 saturated heterocycles. The summed E-state index contributed by atoms with van der Waals surface area (Å²) in [6.45, 7) is 2.03. The number of piperidine rings is 1. The Morgan fingerprint density at radius 2 is 1.90 bits per heavy atom. The molecule has 0 aromatic carbocycles. The molecule has 1 aliphatic heterocycles. The number of anilines is 1. The summed E-state index contributed by atoms with van der Waals surface area (Å²) in [4.78, 5) is 15.0. The van der Waals surface area contributed by atoms with Crippen LogP contribution in [0.3, 0.4) is 0 Å². The molecule has 9 heteroatoms. The molecule has 0 radical (unpaired) electrons. The fraction of sp³-hybridized carbons (Fsp3) is 0.591. The van der Waals surface area contributed by atoms with E-state index in [4.69, 9.17) is 4.74 Å². The van der Waals surface area contributed by atoms with Gasteiger partial charge in [0.2, 0.25) is 10.0 Å². The number of ether oxygens (including phenoxy) is 1. The number of hydrogen-bond donors (Lipinski definition) is 1. The first kappa shape index (κ1) is 22.1. The minimum atomic E-state index is -3.27. The number of rotatable bonds is 7. The first-order valence-electron chi connectivity index (χ1n) is 11.0. The van der Waals surface area contributed by atoms with Crippen LogP contribution in [0.2, 0.25) is 0 Å². The van der Waals surface area contributed by atoms with Crippen LogP contribution >= 0.6 is 0 Å². The van der Waals surface area contributed by atoms with Crippen LogP contribution in [0.5, 0.6) is 0 Å². The van der Waals surface area contributed by atoms with Crippen LogP contribution in [0.4, 0.5) is 5.82 Å². The number of nitrogens with zero attached hydrogens (tertiary/aromatic N) is 4. The Hall–Kier alpha value is -2.10. The minimum absolute atomic E-state index is 0.0747. The van der Waals surface area contributed by atoms with Crippen LogP contribution in [0.1, 0.15) is 43.6 Å². The van der Waals surface area contributed by atoms with Crippen molar-refractivity contribution in [1.82, 2.24) is 19.7 Å². The number of pyridine rings is 1. The minimum Gasteiger partial charge on any atom is -0.378 e. The molecule has 2 atom stereocenters. The highest BCUT2D eigenvalue weighted by molar-refractivity contribution is 7.88. The van der Waals surface area contributed by atoms with Crippen molar-refractivity contribution in [1.29, 1.82) is 0 Å². The van der Waals surface area contributed by atoms with Gasteiger partial charge < -0.3 is 9.64 Å². The lowest BCUT2D eigenvalue weighted by Crippen LogP contribution is -2.52. The van der Waals surface area contributed by atoms with Crippen LogP contribution in [0.15, 0.2) is 43.1 Å². The quantitative estimate of drug-likeness (QED) is 0.699. The van der Waals surface area contributed by atoms with E-state index in [1.54, 1.807) is 12.5 Å². The maximum atomic E-state index is 11.9. The van der Waals surface area contributed by atoms with E-state index in [-0.39, 0.29) is 18.1 Å². The smallest absolute Gasteiger partial charge is 0.208 e. The van der Waals surface area contributed by atoms with E-state index in [9.17, 15) is 8.42 Å². The molecule has 0 amide bonds. The van der Waals surface area contributed by atoms with Crippen molar-refractivity contribution in [2.24, 2.45) is 5.92 Å². The zero-order chi connectivity index (χ0) is 21.7. The zero-order valence-corrected chi connectivity index (χ0v) is 18.7. The number of hydrogen-bond acceptors (Lipinski definition) is 7. The number of nitrogens with one attached hydrogen (secondary N) is 1. The van der Waals surface area contributed by atoms with Gasteiger partial charge in [-0.25, -0.2) is 28.1 Å². The molecule has 2 aromatic rings. The highest BCUT2D eigenvalue weighted by atomic mass is 32.2. The second kappa shape index (κ2) is 10.0. The Morgan fingerprint density at radius 1 is 1.13 bits per heavy atom. The van der Waals surface area contributed by atoms with Gasteiger partial charge in [0, 0.05) is 43.6 Å². The van der Waals surface area contributed by atoms with Crippen molar-refractivity contribution < 1.29 is 13.2 Å². The summed E-state index contributed by atoms with van der Waals surface area (Å²) in [6, 6.07) is 5.76. The van der Waals surface area contributed by atoms with E-state index in [0.717, 1.165) is 51.0 Å². The van der Waals surface area contributed by atoms with E-state index in [1.807, 2.05) is 30.6 Å². The standard InChI is InChI=1S/C22H31N5O3S/c1-31(28,29)26-21-9-11-27(22-4-2-3-10-25-22)14-19(21)15-30-20-7-5-17(6-8-20)18-12-23-16-24-13-18/h2-4,10,12-13,16-17,19-21,26H,5-9,11,14-15H2,1H3/t17-,19-,20+,21-/m0/s1. The third-order valence-electron chi connectivity index (χ3n) is 6.34. The van der Waals surface area contributed by atoms with Gasteiger partial charge in [0.15, 0.2) is 0 Å². The van der Waals surface area contributed by atoms with Gasteiger partial charge in [-0.1, -0.05) is 6.07 Å². The molecule has 1 aliphatic carbocycles. The monoisotopic (exact) mass is 445 g/mol. The van der Waals surface area contributed by atoms with E-state index >= 15 is 0 Å². The van der Waals surface area contributed by atoms with Crippen LogP contribution < -0.4 is 9.62 Å². The van der Waals surface area contributed by atoms with Crippen molar-refractivity contribution >= 4 is 15.8 Å². The van der Waals surface area contributed by atoms with E-state index in [2.05, 4.69) is 24.6 Å². The maximum Gasteiger partial charge on any atom is 0.208 e. The lowest BCUT2D eigenvalue weighted by atomic mass is 9.83. The molecule has 0 bridgehead atoms. The summed E-state index contributed by atoms with van der Waals surface area (Å²) < 4.78 is 32.9. The normalized spacial score (nSPS) is 27.2. The summed E-state index contributed by atoms with van der Waals surface area (Å²) in [5, 5.41) is 0. The van der Waals surface area contributed by atoms with E-state index in [1.165, 1.54) is 11.8 Å². The third-order valence-corrected chi connectivity index (χ3v) is 7.08. The summed E-state index contributed by atoms with van der Waals surface area (Å²) in [5.74, 6) is 1.50. The van der Waals surface area contributed by atoms with Crippen LogP contribution in [0.25, 0.3) is 0 Å². The lowest BCUT2D eigenvalue weighted by molar-refractivity contribution is -0.00216. The zero-order valence-electron chi connectivity index (χ0n) is 17.9. The second-order valence-corrected chi connectivity index (χ2v) is 10.4. The Balaban J connectivity index is 1.34. The van der Waals surface area contributed by atoms with Crippen molar-refractivity contribution in [3.05, 3.63) is 48.7 Å². The summed E-state index contributed by atoms with van der Waals surface area (Å²) in [7, 11) is -3.27. The SMILES string of the molecule is CS(=O)(=O)N[C@H]1CCN(c2ccccn2)C[C@H]1CO[C@H]1CC[C@@H](c2cncnc2)CC1. The molecule has 0 spiro atoms. The van der Waals surface area contributed by atoms with Gasteiger partial charge in [0.25, 0.3) is 0 Å². The molecule has 2 fully saturated rings. The summed E-state index contributed by atoms with van der Waals surface area (Å²) in [5.41, 5.74) is 1.21. The Kier molecular flexibility index (Phi) is 7.14. The molecule has 2 aliphatic rings. The molecule has 168 valence electrons. The Labute approximate surface area is 184 Å². The highest BCUT2D eigenvalue weighted by Gasteiger charge is 2.33. The fourth-order valence-corrected chi connectivity index (χ4v) is 5.58. The van der Waals surface area contributed by atoms with Gasteiger partial charge in [-0.2, -0.15) is 0 Å². The van der Waals surface area contributed by atoms with Gasteiger partial charge >= 0.3 is 0 Å². The molecule has 1 saturated carbocycles.